The largest absolute Gasteiger partial charge is 0.335 e. The molecule has 2 aromatic rings. The van der Waals surface area contributed by atoms with Gasteiger partial charge in [-0.05, 0) is 35.4 Å². The van der Waals surface area contributed by atoms with Crippen LogP contribution in [0.25, 0.3) is 5.69 Å². The molecule has 94 valence electrons. The van der Waals surface area contributed by atoms with Crippen molar-refractivity contribution in [1.82, 2.24) is 20.2 Å². The van der Waals surface area contributed by atoms with E-state index in [2.05, 4.69) is 20.4 Å². The molecule has 1 heterocycles. The molecule has 0 radical (unpaired) electrons. The fourth-order valence-electron chi connectivity index (χ4n) is 2.07. The molecule has 2 N–H and O–H groups in total. The number of rotatable bonds is 5. The van der Waals surface area contributed by atoms with Crippen LogP contribution in [0.2, 0.25) is 0 Å². The molecule has 0 spiro atoms. The van der Waals surface area contributed by atoms with Crippen molar-refractivity contribution in [3.63, 3.8) is 0 Å². The van der Waals surface area contributed by atoms with E-state index in [9.17, 15) is 0 Å². The van der Waals surface area contributed by atoms with Gasteiger partial charge in [0, 0.05) is 19.1 Å². The Hall–Kier alpha value is -1.95. The second-order valence-corrected chi connectivity index (χ2v) is 4.44. The Labute approximate surface area is 105 Å². The lowest BCUT2D eigenvalue weighted by atomic mass is 10.3. The van der Waals surface area contributed by atoms with E-state index in [0.717, 1.165) is 18.2 Å². The van der Waals surface area contributed by atoms with Gasteiger partial charge in [-0.2, -0.15) is 4.68 Å². The molecule has 1 fully saturated rings. The molecule has 0 bridgehead atoms. The van der Waals surface area contributed by atoms with Gasteiger partial charge in [0.05, 0.1) is 5.69 Å². The molecule has 3 rings (SSSR count). The number of hydrogen-bond acceptors (Lipinski definition) is 5. The molecule has 6 heteroatoms. The zero-order chi connectivity index (χ0) is 12.4. The van der Waals surface area contributed by atoms with Gasteiger partial charge in [0.1, 0.15) is 0 Å². The van der Waals surface area contributed by atoms with Crippen LogP contribution in [0.1, 0.15) is 12.8 Å². The second kappa shape index (κ2) is 4.73. The van der Waals surface area contributed by atoms with Gasteiger partial charge < -0.3 is 10.6 Å². The van der Waals surface area contributed by atoms with Crippen LogP contribution in [-0.4, -0.2) is 39.3 Å². The van der Waals surface area contributed by atoms with E-state index in [4.69, 9.17) is 5.73 Å². The third-order valence-electron chi connectivity index (χ3n) is 3.07. The number of nitrogens with zero attached hydrogens (tertiary/aromatic N) is 5. The van der Waals surface area contributed by atoms with Gasteiger partial charge in [-0.25, -0.2) is 0 Å². The van der Waals surface area contributed by atoms with Crippen molar-refractivity contribution in [3.8, 4) is 5.69 Å². The quantitative estimate of drug-likeness (QED) is 0.833. The molecule has 1 aromatic carbocycles. The fourth-order valence-corrected chi connectivity index (χ4v) is 2.07. The zero-order valence-corrected chi connectivity index (χ0v) is 10.1. The van der Waals surface area contributed by atoms with E-state index in [0.29, 0.717) is 12.6 Å². The predicted molar refractivity (Wildman–Crippen MR) is 68.6 cm³/mol. The summed E-state index contributed by atoms with van der Waals surface area (Å²) in [6.45, 7) is 1.40. The molecule has 6 nitrogen and oxygen atoms in total. The maximum absolute atomic E-state index is 5.67. The van der Waals surface area contributed by atoms with Gasteiger partial charge in [-0.1, -0.05) is 23.3 Å². The Morgan fingerprint density at radius 3 is 2.72 bits per heavy atom. The van der Waals surface area contributed by atoms with E-state index in [1.165, 1.54) is 12.8 Å². The van der Waals surface area contributed by atoms with Gasteiger partial charge in [-0.3, -0.25) is 0 Å². The molecule has 0 aliphatic heterocycles. The maximum Gasteiger partial charge on any atom is 0.250 e. The Morgan fingerprint density at radius 1 is 1.28 bits per heavy atom. The van der Waals surface area contributed by atoms with Crippen LogP contribution in [0.15, 0.2) is 30.3 Å². The van der Waals surface area contributed by atoms with Crippen LogP contribution in [0.3, 0.4) is 0 Å². The third-order valence-corrected chi connectivity index (χ3v) is 3.07. The standard InChI is InChI=1S/C12H16N6/c13-8-9-17(10-6-7-10)12-14-15-16-18(12)11-4-2-1-3-5-11/h1-5,10H,6-9,13H2. The molecule has 0 atom stereocenters. The Bertz CT molecular complexity index is 504. The minimum Gasteiger partial charge on any atom is -0.335 e. The van der Waals surface area contributed by atoms with Crippen LogP contribution >= 0.6 is 0 Å². The summed E-state index contributed by atoms with van der Waals surface area (Å²) in [7, 11) is 0. The molecule has 0 unspecified atom stereocenters. The molecular weight excluding hydrogens is 228 g/mol. The maximum atomic E-state index is 5.67. The summed E-state index contributed by atoms with van der Waals surface area (Å²) < 4.78 is 1.77. The first kappa shape index (κ1) is 11.2. The lowest BCUT2D eigenvalue weighted by Gasteiger charge is -2.21. The topological polar surface area (TPSA) is 72.9 Å². The molecule has 1 aliphatic rings. The normalized spacial score (nSPS) is 14.7. The van der Waals surface area contributed by atoms with Gasteiger partial charge in [0.15, 0.2) is 0 Å². The Balaban J connectivity index is 1.95. The van der Waals surface area contributed by atoms with E-state index in [1.807, 2.05) is 30.3 Å². The summed E-state index contributed by atoms with van der Waals surface area (Å²) in [5, 5.41) is 12.0. The van der Waals surface area contributed by atoms with Crippen molar-refractivity contribution in [2.45, 2.75) is 18.9 Å². The van der Waals surface area contributed by atoms with Crippen LogP contribution in [0.4, 0.5) is 5.95 Å². The zero-order valence-electron chi connectivity index (χ0n) is 10.1. The summed E-state index contributed by atoms with van der Waals surface area (Å²) in [6.07, 6.45) is 2.39. The summed E-state index contributed by atoms with van der Waals surface area (Å²) >= 11 is 0. The molecular formula is C12H16N6. The number of hydrogen-bond donors (Lipinski definition) is 1. The third kappa shape index (κ3) is 2.06. The van der Waals surface area contributed by atoms with Crippen LogP contribution in [0.5, 0.6) is 0 Å². The second-order valence-electron chi connectivity index (χ2n) is 4.44. The van der Waals surface area contributed by atoms with E-state index >= 15 is 0 Å². The van der Waals surface area contributed by atoms with Gasteiger partial charge in [0.2, 0.25) is 0 Å². The first-order valence-corrected chi connectivity index (χ1v) is 6.20. The van der Waals surface area contributed by atoms with E-state index in [-0.39, 0.29) is 0 Å². The number of para-hydroxylation sites is 1. The molecule has 1 aliphatic carbocycles. The fraction of sp³-hybridized carbons (Fsp3) is 0.417. The minimum atomic E-state index is 0.544. The van der Waals surface area contributed by atoms with Crippen LogP contribution in [-0.2, 0) is 0 Å². The van der Waals surface area contributed by atoms with Crippen molar-refractivity contribution in [2.75, 3.05) is 18.0 Å². The van der Waals surface area contributed by atoms with Crippen molar-refractivity contribution >= 4 is 5.95 Å². The molecule has 0 saturated heterocycles. The average molecular weight is 244 g/mol. The highest BCUT2D eigenvalue weighted by Crippen LogP contribution is 2.30. The number of aromatic nitrogens is 4. The van der Waals surface area contributed by atoms with Crippen LogP contribution in [0, 0.1) is 0 Å². The average Bonchev–Trinajstić information content (AvgIpc) is 3.14. The number of benzene rings is 1. The first-order valence-electron chi connectivity index (χ1n) is 6.20. The molecule has 0 amide bonds. The Kier molecular flexibility index (Phi) is 2.93. The summed E-state index contributed by atoms with van der Waals surface area (Å²) in [6, 6.07) is 10.5. The highest BCUT2D eigenvalue weighted by molar-refractivity contribution is 5.42. The minimum absolute atomic E-state index is 0.544. The van der Waals surface area contributed by atoms with Crippen molar-refractivity contribution < 1.29 is 0 Å². The number of anilines is 1. The molecule has 1 aromatic heterocycles. The van der Waals surface area contributed by atoms with Crippen molar-refractivity contribution in [1.29, 1.82) is 0 Å². The Morgan fingerprint density at radius 2 is 2.06 bits per heavy atom. The van der Waals surface area contributed by atoms with Crippen LogP contribution < -0.4 is 10.6 Å². The number of nitrogens with two attached hydrogens (primary N) is 1. The molecule has 18 heavy (non-hydrogen) atoms. The monoisotopic (exact) mass is 244 g/mol. The van der Waals surface area contributed by atoms with Gasteiger partial charge in [-0.15, -0.1) is 0 Å². The summed E-state index contributed by atoms with van der Waals surface area (Å²) in [4.78, 5) is 2.20. The highest BCUT2D eigenvalue weighted by atomic mass is 15.6. The van der Waals surface area contributed by atoms with Crippen molar-refractivity contribution in [3.05, 3.63) is 30.3 Å². The first-order chi connectivity index (χ1) is 8.90. The van der Waals surface area contributed by atoms with E-state index in [1.54, 1.807) is 4.68 Å². The molecule has 1 saturated carbocycles. The van der Waals surface area contributed by atoms with E-state index < -0.39 is 0 Å². The van der Waals surface area contributed by atoms with Gasteiger partial charge in [0.25, 0.3) is 5.95 Å². The van der Waals surface area contributed by atoms with Gasteiger partial charge >= 0.3 is 0 Å². The SMILES string of the molecule is NCCN(c1nnnn1-c1ccccc1)C1CC1. The smallest absolute Gasteiger partial charge is 0.250 e. The van der Waals surface area contributed by atoms with Crippen molar-refractivity contribution in [2.24, 2.45) is 5.73 Å². The predicted octanol–water partition coefficient (Wildman–Crippen LogP) is 0.590. The lowest BCUT2D eigenvalue weighted by Crippen LogP contribution is -2.33. The highest BCUT2D eigenvalue weighted by Gasteiger charge is 2.32. The number of tetrazole rings is 1. The summed E-state index contributed by atoms with van der Waals surface area (Å²) in [5.41, 5.74) is 6.64. The lowest BCUT2D eigenvalue weighted by molar-refractivity contribution is 0.724. The summed E-state index contributed by atoms with van der Waals surface area (Å²) in [5.74, 6) is 0.786.